The second-order valence-corrected chi connectivity index (χ2v) is 3.15. The van der Waals surface area contributed by atoms with Crippen LogP contribution in [0.15, 0.2) is 12.2 Å². The third-order valence-electron chi connectivity index (χ3n) is 2.37. The van der Waals surface area contributed by atoms with Gasteiger partial charge < -0.3 is 4.74 Å². The summed E-state index contributed by atoms with van der Waals surface area (Å²) in [4.78, 5) is 10.9. The van der Waals surface area contributed by atoms with Crippen molar-refractivity contribution in [2.24, 2.45) is 11.8 Å². The number of ether oxygens (including phenoxy) is 1. The first-order valence-electron chi connectivity index (χ1n) is 3.60. The Balaban J connectivity index is 2.19. The molecule has 0 aromatic heterocycles. The molecule has 2 heteroatoms. The van der Waals surface area contributed by atoms with Crippen molar-refractivity contribution in [2.75, 3.05) is 6.61 Å². The molecule has 2 unspecified atom stereocenters. The monoisotopic (exact) mass is 138 g/mol. The summed E-state index contributed by atoms with van der Waals surface area (Å²) >= 11 is 0. The van der Waals surface area contributed by atoms with E-state index in [9.17, 15) is 4.79 Å². The molecule has 10 heavy (non-hydrogen) atoms. The number of cyclic esters (lactones) is 1. The Bertz CT molecular complexity index is 195. The first kappa shape index (κ1) is 5.96. The first-order valence-corrected chi connectivity index (χ1v) is 3.60. The first-order chi connectivity index (χ1) is 4.77. The van der Waals surface area contributed by atoms with Crippen molar-refractivity contribution in [1.82, 2.24) is 0 Å². The molecule has 0 radical (unpaired) electrons. The van der Waals surface area contributed by atoms with Crippen LogP contribution in [-0.4, -0.2) is 12.6 Å². The molecular formula is C8H10O2. The zero-order valence-corrected chi connectivity index (χ0v) is 5.80. The summed E-state index contributed by atoms with van der Waals surface area (Å²) < 4.78 is 4.89. The van der Waals surface area contributed by atoms with Gasteiger partial charge in [-0.15, -0.1) is 0 Å². The van der Waals surface area contributed by atoms with Crippen LogP contribution in [0.2, 0.25) is 0 Å². The number of allylic oxidation sites excluding steroid dienone is 1. The van der Waals surface area contributed by atoms with Crippen LogP contribution in [0.3, 0.4) is 0 Å². The SMILES string of the molecule is C=C1CC2COC(=O)C2C1. The van der Waals surface area contributed by atoms with Gasteiger partial charge in [-0.2, -0.15) is 0 Å². The highest BCUT2D eigenvalue weighted by Crippen LogP contribution is 2.39. The largest absolute Gasteiger partial charge is 0.465 e. The van der Waals surface area contributed by atoms with E-state index < -0.39 is 0 Å². The van der Waals surface area contributed by atoms with Crippen molar-refractivity contribution in [2.45, 2.75) is 12.8 Å². The number of rotatable bonds is 0. The maximum absolute atomic E-state index is 10.9. The molecule has 1 saturated carbocycles. The minimum atomic E-state index is -0.0105. The minimum Gasteiger partial charge on any atom is -0.465 e. The van der Waals surface area contributed by atoms with Gasteiger partial charge in [-0.1, -0.05) is 12.2 Å². The molecule has 1 aliphatic heterocycles. The summed E-state index contributed by atoms with van der Waals surface area (Å²) in [6.07, 6.45) is 1.86. The third-order valence-corrected chi connectivity index (χ3v) is 2.37. The number of fused-ring (bicyclic) bond motifs is 1. The summed E-state index contributed by atoms with van der Waals surface area (Å²) in [5, 5.41) is 0. The predicted molar refractivity (Wildman–Crippen MR) is 36.3 cm³/mol. The molecule has 2 aliphatic rings. The lowest BCUT2D eigenvalue weighted by Crippen LogP contribution is -2.07. The number of hydrogen-bond donors (Lipinski definition) is 0. The van der Waals surface area contributed by atoms with Crippen molar-refractivity contribution in [3.63, 3.8) is 0 Å². The standard InChI is InChI=1S/C8H10O2/c1-5-2-6-4-10-8(9)7(6)3-5/h6-7H,1-4H2. The second-order valence-electron chi connectivity index (χ2n) is 3.15. The minimum absolute atomic E-state index is 0.0105. The van der Waals surface area contributed by atoms with Crippen molar-refractivity contribution < 1.29 is 9.53 Å². The lowest BCUT2D eigenvalue weighted by atomic mass is 10.0. The molecule has 2 nitrogen and oxygen atoms in total. The van der Waals surface area contributed by atoms with Gasteiger partial charge in [0.2, 0.25) is 0 Å². The fourth-order valence-corrected chi connectivity index (χ4v) is 1.82. The Morgan fingerprint density at radius 1 is 1.50 bits per heavy atom. The van der Waals surface area contributed by atoms with E-state index in [1.165, 1.54) is 5.57 Å². The molecule has 2 fully saturated rings. The Morgan fingerprint density at radius 2 is 2.30 bits per heavy atom. The van der Waals surface area contributed by atoms with E-state index in [4.69, 9.17) is 4.74 Å². The smallest absolute Gasteiger partial charge is 0.309 e. The highest BCUT2D eigenvalue weighted by atomic mass is 16.5. The maximum atomic E-state index is 10.9. The molecule has 0 aromatic carbocycles. The fraction of sp³-hybridized carbons (Fsp3) is 0.625. The zero-order valence-electron chi connectivity index (χ0n) is 5.80. The molecule has 54 valence electrons. The second kappa shape index (κ2) is 1.84. The van der Waals surface area contributed by atoms with E-state index >= 15 is 0 Å². The van der Waals surface area contributed by atoms with Gasteiger partial charge in [0.25, 0.3) is 0 Å². The van der Waals surface area contributed by atoms with Gasteiger partial charge in [0.1, 0.15) is 0 Å². The summed E-state index contributed by atoms with van der Waals surface area (Å²) in [6.45, 7) is 4.49. The van der Waals surface area contributed by atoms with E-state index in [0.717, 1.165) is 12.8 Å². The number of esters is 1. The Morgan fingerprint density at radius 3 is 3.00 bits per heavy atom. The van der Waals surface area contributed by atoms with Gasteiger partial charge in [-0.25, -0.2) is 0 Å². The molecule has 2 atom stereocenters. The van der Waals surface area contributed by atoms with Crippen molar-refractivity contribution in [1.29, 1.82) is 0 Å². The highest BCUT2D eigenvalue weighted by molar-refractivity contribution is 5.75. The zero-order chi connectivity index (χ0) is 7.14. The summed E-state index contributed by atoms with van der Waals surface area (Å²) in [5.41, 5.74) is 1.21. The Labute approximate surface area is 59.9 Å². The normalized spacial score (nSPS) is 38.0. The van der Waals surface area contributed by atoms with Crippen LogP contribution in [-0.2, 0) is 9.53 Å². The molecule has 0 bridgehead atoms. The lowest BCUT2D eigenvalue weighted by molar-refractivity contribution is -0.141. The van der Waals surface area contributed by atoms with E-state index in [-0.39, 0.29) is 11.9 Å². The molecule has 0 amide bonds. The van der Waals surface area contributed by atoms with Gasteiger partial charge in [0.15, 0.2) is 0 Å². The molecule has 0 N–H and O–H groups in total. The van der Waals surface area contributed by atoms with E-state index in [0.29, 0.717) is 12.5 Å². The number of carbonyl (C=O) groups excluding carboxylic acids is 1. The van der Waals surface area contributed by atoms with Gasteiger partial charge in [-0.05, 0) is 12.8 Å². The highest BCUT2D eigenvalue weighted by Gasteiger charge is 2.41. The number of carbonyl (C=O) groups is 1. The maximum Gasteiger partial charge on any atom is 0.309 e. The van der Waals surface area contributed by atoms with Crippen LogP contribution in [0.1, 0.15) is 12.8 Å². The van der Waals surface area contributed by atoms with Crippen molar-refractivity contribution in [3.8, 4) is 0 Å². The van der Waals surface area contributed by atoms with Gasteiger partial charge >= 0.3 is 5.97 Å². The van der Waals surface area contributed by atoms with Crippen LogP contribution in [0.4, 0.5) is 0 Å². The quantitative estimate of drug-likeness (QED) is 0.370. The predicted octanol–water partition coefficient (Wildman–Crippen LogP) is 1.13. The van der Waals surface area contributed by atoms with Gasteiger partial charge in [0.05, 0.1) is 12.5 Å². The molecule has 1 heterocycles. The molecular weight excluding hydrogens is 128 g/mol. The van der Waals surface area contributed by atoms with E-state index in [1.807, 2.05) is 0 Å². The van der Waals surface area contributed by atoms with Gasteiger partial charge in [-0.3, -0.25) is 4.79 Å². The average Bonchev–Trinajstić information content (AvgIpc) is 2.35. The third kappa shape index (κ3) is 0.681. The fourth-order valence-electron chi connectivity index (χ4n) is 1.82. The van der Waals surface area contributed by atoms with E-state index in [1.54, 1.807) is 0 Å². The summed E-state index contributed by atoms with van der Waals surface area (Å²) in [7, 11) is 0. The van der Waals surface area contributed by atoms with E-state index in [2.05, 4.69) is 6.58 Å². The van der Waals surface area contributed by atoms with Crippen molar-refractivity contribution >= 4 is 5.97 Å². The Kier molecular flexibility index (Phi) is 1.10. The molecule has 1 aliphatic carbocycles. The van der Waals surface area contributed by atoms with Crippen LogP contribution in [0.25, 0.3) is 0 Å². The number of hydrogen-bond acceptors (Lipinski definition) is 2. The summed E-state index contributed by atoms with van der Waals surface area (Å²) in [5.74, 6) is 0.608. The molecule has 1 saturated heterocycles. The van der Waals surface area contributed by atoms with Crippen LogP contribution < -0.4 is 0 Å². The average molecular weight is 138 g/mol. The van der Waals surface area contributed by atoms with Crippen LogP contribution >= 0.6 is 0 Å². The summed E-state index contributed by atoms with van der Waals surface area (Å²) in [6, 6.07) is 0. The molecule has 2 rings (SSSR count). The van der Waals surface area contributed by atoms with Gasteiger partial charge in [0, 0.05) is 5.92 Å². The topological polar surface area (TPSA) is 26.3 Å². The van der Waals surface area contributed by atoms with Crippen LogP contribution in [0.5, 0.6) is 0 Å². The lowest BCUT2D eigenvalue weighted by Gasteiger charge is -1.97. The van der Waals surface area contributed by atoms with Crippen LogP contribution in [0, 0.1) is 11.8 Å². The molecule has 0 spiro atoms. The van der Waals surface area contributed by atoms with Crippen molar-refractivity contribution in [3.05, 3.63) is 12.2 Å². The Hall–Kier alpha value is -0.790. The molecule has 0 aromatic rings.